The van der Waals surface area contributed by atoms with Crippen molar-refractivity contribution in [2.24, 2.45) is 0 Å². The van der Waals surface area contributed by atoms with Crippen molar-refractivity contribution in [3.8, 4) is 0 Å². The monoisotopic (exact) mass is 313 g/mol. The molecule has 5 heteroatoms. The van der Waals surface area contributed by atoms with Gasteiger partial charge >= 0.3 is 0 Å². The molecule has 0 aliphatic carbocycles. The highest BCUT2D eigenvalue weighted by atomic mass is 16.3. The van der Waals surface area contributed by atoms with Crippen LogP contribution in [0.25, 0.3) is 0 Å². The minimum Gasteiger partial charge on any atom is -0.448 e. The Kier molecular flexibility index (Phi) is 5.08. The number of nitrogens with zero attached hydrogens (tertiary/aromatic N) is 2. The lowest BCUT2D eigenvalue weighted by molar-refractivity contribution is 0.0939. The van der Waals surface area contributed by atoms with Gasteiger partial charge in [0.05, 0.1) is 0 Å². The predicted molar refractivity (Wildman–Crippen MR) is 88.4 cm³/mol. The molecular formula is C18H23N3O2. The fourth-order valence-corrected chi connectivity index (χ4v) is 3.19. The fraction of sp³-hybridized carbons (Fsp3) is 0.444. The summed E-state index contributed by atoms with van der Waals surface area (Å²) in [7, 11) is 0. The summed E-state index contributed by atoms with van der Waals surface area (Å²) in [4.78, 5) is 18.4. The molecule has 1 saturated heterocycles. The van der Waals surface area contributed by atoms with Crippen LogP contribution in [0, 0.1) is 6.92 Å². The van der Waals surface area contributed by atoms with Crippen LogP contribution in [-0.2, 0) is 0 Å². The van der Waals surface area contributed by atoms with Crippen LogP contribution in [0.5, 0.6) is 0 Å². The van der Waals surface area contributed by atoms with Crippen molar-refractivity contribution in [1.82, 2.24) is 15.2 Å². The lowest BCUT2D eigenvalue weighted by Crippen LogP contribution is -2.40. The van der Waals surface area contributed by atoms with Crippen LogP contribution in [0.4, 0.5) is 0 Å². The van der Waals surface area contributed by atoms with Gasteiger partial charge in [-0.25, -0.2) is 4.98 Å². The van der Waals surface area contributed by atoms with Gasteiger partial charge in [0.1, 0.15) is 5.76 Å². The second-order valence-corrected chi connectivity index (χ2v) is 6.06. The Hall–Kier alpha value is -2.14. The number of carbonyl (C=O) groups is 1. The zero-order chi connectivity index (χ0) is 16.1. The van der Waals surface area contributed by atoms with Crippen LogP contribution < -0.4 is 5.32 Å². The van der Waals surface area contributed by atoms with E-state index in [1.54, 1.807) is 6.92 Å². The van der Waals surface area contributed by atoms with Crippen molar-refractivity contribution in [2.75, 3.05) is 26.2 Å². The Balaban J connectivity index is 1.47. The van der Waals surface area contributed by atoms with Gasteiger partial charge in [-0.2, -0.15) is 0 Å². The maximum atomic E-state index is 12.0. The second kappa shape index (κ2) is 7.42. The van der Waals surface area contributed by atoms with Gasteiger partial charge in [0.2, 0.25) is 0 Å². The summed E-state index contributed by atoms with van der Waals surface area (Å²) in [6.45, 7) is 5.40. The third kappa shape index (κ3) is 3.99. The molecule has 1 unspecified atom stereocenters. The molecule has 3 rings (SSSR count). The van der Waals surface area contributed by atoms with Crippen LogP contribution in [0.2, 0.25) is 0 Å². The highest BCUT2D eigenvalue weighted by Crippen LogP contribution is 2.26. The number of oxazole rings is 1. The van der Waals surface area contributed by atoms with Crippen molar-refractivity contribution < 1.29 is 9.21 Å². The van der Waals surface area contributed by atoms with Gasteiger partial charge < -0.3 is 14.6 Å². The summed E-state index contributed by atoms with van der Waals surface area (Å²) in [5.41, 5.74) is 1.80. The number of aryl methyl sites for hydroxylation is 1. The Morgan fingerprint density at radius 2 is 2.22 bits per heavy atom. The Morgan fingerprint density at radius 3 is 2.96 bits per heavy atom. The van der Waals surface area contributed by atoms with Crippen molar-refractivity contribution in [3.05, 3.63) is 53.7 Å². The summed E-state index contributed by atoms with van der Waals surface area (Å²) >= 11 is 0. The van der Waals surface area contributed by atoms with Gasteiger partial charge in [-0.15, -0.1) is 0 Å². The number of benzene rings is 1. The van der Waals surface area contributed by atoms with E-state index in [9.17, 15) is 4.79 Å². The first-order chi connectivity index (χ1) is 11.2. The molecule has 23 heavy (non-hydrogen) atoms. The fourth-order valence-electron chi connectivity index (χ4n) is 3.19. The summed E-state index contributed by atoms with van der Waals surface area (Å²) in [6, 6.07) is 10.7. The molecule has 1 fully saturated rings. The predicted octanol–water partition coefficient (Wildman–Crippen LogP) is 2.59. The zero-order valence-electron chi connectivity index (χ0n) is 13.5. The first-order valence-corrected chi connectivity index (χ1v) is 8.19. The molecule has 0 spiro atoms. The van der Waals surface area contributed by atoms with E-state index in [1.165, 1.54) is 24.8 Å². The minimum atomic E-state index is -0.159. The molecule has 1 amide bonds. The van der Waals surface area contributed by atoms with E-state index >= 15 is 0 Å². The van der Waals surface area contributed by atoms with E-state index in [0.717, 1.165) is 19.6 Å². The first-order valence-electron chi connectivity index (χ1n) is 8.19. The van der Waals surface area contributed by atoms with Gasteiger partial charge in [0.25, 0.3) is 5.91 Å². The second-order valence-electron chi connectivity index (χ2n) is 6.06. The number of carbonyl (C=O) groups excluding carboxylic acids is 1. The molecule has 122 valence electrons. The molecule has 1 aliphatic rings. The maximum absolute atomic E-state index is 12.0. The number of hydrogen-bond donors (Lipinski definition) is 1. The van der Waals surface area contributed by atoms with Crippen molar-refractivity contribution in [2.45, 2.75) is 25.7 Å². The average Bonchev–Trinajstić information content (AvgIpc) is 3.02. The van der Waals surface area contributed by atoms with Gasteiger partial charge in [-0.3, -0.25) is 4.79 Å². The Bertz CT molecular complexity index is 639. The number of aromatic nitrogens is 1. The molecule has 5 nitrogen and oxygen atoms in total. The third-order valence-corrected chi connectivity index (χ3v) is 4.45. The largest absolute Gasteiger partial charge is 0.448 e. The van der Waals surface area contributed by atoms with Crippen LogP contribution in [0.3, 0.4) is 0 Å². The normalized spacial score (nSPS) is 18.7. The minimum absolute atomic E-state index is 0.159. The van der Waals surface area contributed by atoms with Gasteiger partial charge in [-0.1, -0.05) is 30.3 Å². The first kappa shape index (κ1) is 15.7. The Labute approximate surface area is 136 Å². The van der Waals surface area contributed by atoms with Gasteiger partial charge in [-0.05, 0) is 37.8 Å². The van der Waals surface area contributed by atoms with Crippen LogP contribution in [-0.4, -0.2) is 42.0 Å². The number of rotatable bonds is 5. The van der Waals surface area contributed by atoms with E-state index in [4.69, 9.17) is 4.42 Å². The number of nitrogens with one attached hydrogen (secondary N) is 1. The van der Waals surface area contributed by atoms with Gasteiger partial charge in [0, 0.05) is 19.6 Å². The van der Waals surface area contributed by atoms with E-state index in [2.05, 4.69) is 45.5 Å². The SMILES string of the molecule is Cc1ocnc1C(=O)NCCN1CCCC(c2ccccc2)C1. The summed E-state index contributed by atoms with van der Waals surface area (Å²) in [5, 5.41) is 2.92. The molecule has 1 aromatic carbocycles. The average molecular weight is 313 g/mol. The molecule has 2 aromatic rings. The lowest BCUT2D eigenvalue weighted by Gasteiger charge is -2.33. The smallest absolute Gasteiger partial charge is 0.273 e. The molecule has 0 saturated carbocycles. The topological polar surface area (TPSA) is 58.4 Å². The standard InChI is InChI=1S/C18H23N3O2/c1-14-17(20-13-23-14)18(22)19-9-11-21-10-5-8-16(12-21)15-6-3-2-4-7-15/h2-4,6-7,13,16H,5,8-12H2,1H3,(H,19,22). The highest BCUT2D eigenvalue weighted by molar-refractivity contribution is 5.92. The summed E-state index contributed by atoms with van der Waals surface area (Å²) < 4.78 is 5.06. The van der Waals surface area contributed by atoms with Crippen molar-refractivity contribution in [3.63, 3.8) is 0 Å². The molecule has 1 aromatic heterocycles. The molecule has 1 aliphatic heterocycles. The van der Waals surface area contributed by atoms with Crippen LogP contribution in [0.1, 0.15) is 40.6 Å². The summed E-state index contributed by atoms with van der Waals surface area (Å²) in [6.07, 6.45) is 3.75. The zero-order valence-corrected chi connectivity index (χ0v) is 13.5. The van der Waals surface area contributed by atoms with E-state index in [-0.39, 0.29) is 5.91 Å². The number of hydrogen-bond acceptors (Lipinski definition) is 4. The van der Waals surface area contributed by atoms with E-state index in [1.807, 2.05) is 0 Å². The quantitative estimate of drug-likeness (QED) is 0.922. The van der Waals surface area contributed by atoms with Crippen LogP contribution >= 0.6 is 0 Å². The van der Waals surface area contributed by atoms with E-state index in [0.29, 0.717) is 23.9 Å². The highest BCUT2D eigenvalue weighted by Gasteiger charge is 2.21. The summed E-state index contributed by atoms with van der Waals surface area (Å²) in [5.74, 6) is 0.996. The van der Waals surface area contributed by atoms with Gasteiger partial charge in [0.15, 0.2) is 12.1 Å². The van der Waals surface area contributed by atoms with Crippen LogP contribution in [0.15, 0.2) is 41.1 Å². The number of likely N-dealkylation sites (tertiary alicyclic amines) is 1. The molecule has 1 N–H and O–H groups in total. The third-order valence-electron chi connectivity index (χ3n) is 4.45. The molecular weight excluding hydrogens is 290 g/mol. The molecule has 1 atom stereocenters. The lowest BCUT2D eigenvalue weighted by atomic mass is 9.91. The molecule has 0 bridgehead atoms. The molecule has 2 heterocycles. The van der Waals surface area contributed by atoms with E-state index < -0.39 is 0 Å². The van der Waals surface area contributed by atoms with Crippen molar-refractivity contribution in [1.29, 1.82) is 0 Å². The number of amides is 1. The maximum Gasteiger partial charge on any atom is 0.273 e. The molecule has 0 radical (unpaired) electrons. The number of piperidine rings is 1. The van der Waals surface area contributed by atoms with Crippen molar-refractivity contribution >= 4 is 5.91 Å². The Morgan fingerprint density at radius 1 is 1.39 bits per heavy atom.